The van der Waals surface area contributed by atoms with Crippen molar-refractivity contribution in [2.75, 3.05) is 0 Å². The van der Waals surface area contributed by atoms with E-state index in [4.69, 9.17) is 0 Å². The molecule has 0 saturated heterocycles. The SMILES string of the molecule is O=c1c(O)c([N+](=O)[O-])c(=O)n(F)c2ccccc12. The Morgan fingerprint density at radius 2 is 1.89 bits per heavy atom. The number of hydrogen-bond acceptors (Lipinski definition) is 5. The molecule has 0 fully saturated rings. The average molecular weight is 252 g/mol. The summed E-state index contributed by atoms with van der Waals surface area (Å²) in [5.41, 5.74) is -4.81. The largest absolute Gasteiger partial charge is 0.499 e. The van der Waals surface area contributed by atoms with Crippen LogP contribution in [-0.4, -0.2) is 14.8 Å². The maximum Gasteiger partial charge on any atom is 0.381 e. The molecule has 1 aromatic carbocycles. The van der Waals surface area contributed by atoms with Gasteiger partial charge >= 0.3 is 11.2 Å². The van der Waals surface area contributed by atoms with E-state index in [2.05, 4.69) is 0 Å². The lowest BCUT2D eigenvalue weighted by molar-refractivity contribution is -0.387. The monoisotopic (exact) mass is 252 g/mol. The zero-order chi connectivity index (χ0) is 13.4. The van der Waals surface area contributed by atoms with E-state index < -0.39 is 37.7 Å². The van der Waals surface area contributed by atoms with Gasteiger partial charge in [0.15, 0.2) is 0 Å². The van der Waals surface area contributed by atoms with E-state index in [9.17, 15) is 29.3 Å². The Bertz CT molecular complexity index is 783. The maximum atomic E-state index is 13.7. The maximum absolute atomic E-state index is 13.7. The molecule has 1 aromatic heterocycles. The molecule has 0 radical (unpaired) electrons. The van der Waals surface area contributed by atoms with Gasteiger partial charge in [0.2, 0.25) is 11.2 Å². The molecule has 92 valence electrons. The average Bonchev–Trinajstić information content (AvgIpc) is 2.41. The van der Waals surface area contributed by atoms with Gasteiger partial charge in [0.1, 0.15) is 0 Å². The van der Waals surface area contributed by atoms with Crippen molar-refractivity contribution in [1.82, 2.24) is 4.79 Å². The van der Waals surface area contributed by atoms with Crippen LogP contribution in [0.4, 0.5) is 10.2 Å². The molecule has 0 saturated carbocycles. The summed E-state index contributed by atoms with van der Waals surface area (Å²) in [4.78, 5) is 31.9. The fourth-order valence-corrected chi connectivity index (χ4v) is 1.54. The van der Waals surface area contributed by atoms with Gasteiger partial charge in [-0.1, -0.05) is 16.6 Å². The van der Waals surface area contributed by atoms with Gasteiger partial charge in [-0.2, -0.15) is 0 Å². The second-order valence-electron chi connectivity index (χ2n) is 3.39. The van der Waals surface area contributed by atoms with Gasteiger partial charge in [-0.05, 0) is 12.1 Å². The molecule has 0 unspecified atom stereocenters. The number of rotatable bonds is 1. The Morgan fingerprint density at radius 1 is 1.28 bits per heavy atom. The minimum Gasteiger partial charge on any atom is -0.499 e. The van der Waals surface area contributed by atoms with Crippen LogP contribution < -0.4 is 11.0 Å². The van der Waals surface area contributed by atoms with E-state index >= 15 is 0 Å². The third-order valence-corrected chi connectivity index (χ3v) is 2.36. The molecule has 8 heteroatoms. The number of halogens is 1. The van der Waals surface area contributed by atoms with Crippen LogP contribution in [0.1, 0.15) is 0 Å². The molecular weight excluding hydrogens is 247 g/mol. The van der Waals surface area contributed by atoms with Crippen LogP contribution in [0.25, 0.3) is 10.9 Å². The topological polar surface area (TPSA) is 102 Å². The summed E-state index contributed by atoms with van der Waals surface area (Å²) < 4.78 is 13.7. The molecular formula is C10H5FN2O5. The number of aromatic hydroxyl groups is 1. The zero-order valence-corrected chi connectivity index (χ0v) is 8.66. The van der Waals surface area contributed by atoms with Gasteiger partial charge in [-0.15, -0.1) is 4.79 Å². The zero-order valence-electron chi connectivity index (χ0n) is 8.66. The molecule has 2 rings (SSSR count). The molecule has 2 aromatic rings. The van der Waals surface area contributed by atoms with Crippen molar-refractivity contribution in [2.45, 2.75) is 0 Å². The van der Waals surface area contributed by atoms with Crippen molar-refractivity contribution in [3.05, 3.63) is 55.0 Å². The van der Waals surface area contributed by atoms with Crippen molar-refractivity contribution in [3.8, 4) is 5.75 Å². The van der Waals surface area contributed by atoms with Gasteiger partial charge in [0, 0.05) is 0 Å². The molecule has 0 aliphatic rings. The van der Waals surface area contributed by atoms with Crippen LogP contribution in [0.2, 0.25) is 0 Å². The second kappa shape index (κ2) is 3.91. The Morgan fingerprint density at radius 3 is 2.50 bits per heavy atom. The van der Waals surface area contributed by atoms with Crippen molar-refractivity contribution < 1.29 is 14.5 Å². The van der Waals surface area contributed by atoms with Crippen molar-refractivity contribution in [2.24, 2.45) is 0 Å². The first-order valence-corrected chi connectivity index (χ1v) is 4.66. The van der Waals surface area contributed by atoms with Gasteiger partial charge < -0.3 is 5.11 Å². The van der Waals surface area contributed by atoms with Crippen LogP contribution in [-0.2, 0) is 0 Å². The number of para-hydroxylation sites is 1. The van der Waals surface area contributed by atoms with Gasteiger partial charge in [0.25, 0.3) is 0 Å². The van der Waals surface area contributed by atoms with E-state index in [-0.39, 0.29) is 5.39 Å². The van der Waals surface area contributed by atoms with E-state index in [1.807, 2.05) is 0 Å². The minimum atomic E-state index is -1.70. The Balaban J connectivity index is 3.26. The highest BCUT2D eigenvalue weighted by atomic mass is 19.2. The first kappa shape index (κ1) is 11.7. The summed E-state index contributed by atoms with van der Waals surface area (Å²) in [5.74, 6) is -1.38. The van der Waals surface area contributed by atoms with Crippen molar-refractivity contribution >= 4 is 16.6 Å². The minimum absolute atomic E-state index is 0.331. The molecule has 1 heterocycles. The molecule has 18 heavy (non-hydrogen) atoms. The first-order valence-electron chi connectivity index (χ1n) is 4.66. The van der Waals surface area contributed by atoms with E-state index in [0.717, 1.165) is 12.1 Å². The third kappa shape index (κ3) is 1.51. The summed E-state index contributed by atoms with van der Waals surface area (Å²) in [7, 11) is 0. The Kier molecular flexibility index (Phi) is 2.55. The molecule has 1 N–H and O–H groups in total. The standard InChI is InChI=1S/C10H5FN2O5/c11-12-6-4-2-1-3-5(6)8(14)9(15)7(10(12)16)13(17)18/h1-4,15H. The van der Waals surface area contributed by atoms with E-state index in [1.54, 1.807) is 0 Å². The van der Waals surface area contributed by atoms with E-state index in [0.29, 0.717) is 0 Å². The van der Waals surface area contributed by atoms with Crippen LogP contribution in [0.5, 0.6) is 5.75 Å². The number of nitro groups is 1. The molecule has 0 amide bonds. The lowest BCUT2D eigenvalue weighted by atomic mass is 10.2. The summed E-state index contributed by atoms with van der Waals surface area (Å²) >= 11 is 0. The quantitative estimate of drug-likeness (QED) is 0.594. The highest BCUT2D eigenvalue weighted by Crippen LogP contribution is 2.18. The highest BCUT2D eigenvalue weighted by Gasteiger charge is 2.25. The fraction of sp³-hybridized carbons (Fsp3) is 0. The smallest absolute Gasteiger partial charge is 0.381 e. The normalized spacial score (nSPS) is 10.5. The summed E-state index contributed by atoms with van der Waals surface area (Å²) in [6.45, 7) is 0. The molecule has 0 atom stereocenters. The molecule has 0 aliphatic carbocycles. The number of fused-ring (bicyclic) bond motifs is 1. The van der Waals surface area contributed by atoms with Gasteiger partial charge in [-0.25, -0.2) is 0 Å². The molecule has 0 spiro atoms. The second-order valence-corrected chi connectivity index (χ2v) is 3.39. The third-order valence-electron chi connectivity index (χ3n) is 2.36. The van der Waals surface area contributed by atoms with Crippen LogP contribution in [0.15, 0.2) is 33.9 Å². The summed E-state index contributed by atoms with van der Waals surface area (Å²) in [6.07, 6.45) is 0. The highest BCUT2D eigenvalue weighted by molar-refractivity contribution is 5.80. The predicted octanol–water partition coefficient (Wildman–Crippen LogP) is 0.708. The Hall–Kier alpha value is -2.77. The Labute approximate surface area is 97.4 Å². The fourth-order valence-electron chi connectivity index (χ4n) is 1.54. The number of hydrogen-bond donors (Lipinski definition) is 1. The number of aromatic nitrogens is 1. The molecule has 7 nitrogen and oxygen atoms in total. The van der Waals surface area contributed by atoms with Gasteiger partial charge in [0.05, 0.1) is 15.8 Å². The molecule has 0 aliphatic heterocycles. The summed E-state index contributed by atoms with van der Waals surface area (Å²) in [5, 5.41) is 19.7. The van der Waals surface area contributed by atoms with Gasteiger partial charge in [-0.3, -0.25) is 19.7 Å². The van der Waals surface area contributed by atoms with Crippen LogP contribution >= 0.6 is 0 Å². The van der Waals surface area contributed by atoms with Crippen molar-refractivity contribution in [3.63, 3.8) is 0 Å². The van der Waals surface area contributed by atoms with Crippen LogP contribution in [0, 0.1) is 10.1 Å². The lowest BCUT2D eigenvalue weighted by Gasteiger charge is -1.92. The van der Waals surface area contributed by atoms with Crippen molar-refractivity contribution in [1.29, 1.82) is 0 Å². The number of nitrogens with zero attached hydrogens (tertiary/aromatic N) is 2. The molecule has 0 bridgehead atoms. The first-order chi connectivity index (χ1) is 8.45. The number of benzene rings is 1. The summed E-state index contributed by atoms with van der Waals surface area (Å²) in [6, 6.07) is 4.97. The lowest BCUT2D eigenvalue weighted by Crippen LogP contribution is -2.15. The van der Waals surface area contributed by atoms with E-state index in [1.165, 1.54) is 12.1 Å². The van der Waals surface area contributed by atoms with Crippen LogP contribution in [0.3, 0.4) is 0 Å². The predicted molar refractivity (Wildman–Crippen MR) is 59.3 cm³/mol.